The van der Waals surface area contributed by atoms with Crippen molar-refractivity contribution in [3.8, 4) is 0 Å². The quantitative estimate of drug-likeness (QED) is 0.793. The maximum atomic E-state index is 12.5. The zero-order valence-corrected chi connectivity index (χ0v) is 13.4. The number of pyridine rings is 1. The van der Waals surface area contributed by atoms with Gasteiger partial charge in [0.2, 0.25) is 0 Å². The molecule has 128 valence electrons. The van der Waals surface area contributed by atoms with Gasteiger partial charge in [0.1, 0.15) is 11.4 Å². The summed E-state index contributed by atoms with van der Waals surface area (Å²) in [6.45, 7) is 7.28. The van der Waals surface area contributed by atoms with Crippen LogP contribution in [0, 0.1) is 0 Å². The number of hydrogen-bond donors (Lipinski definition) is 0. The van der Waals surface area contributed by atoms with Gasteiger partial charge in [-0.3, -0.25) is 0 Å². The molecule has 2 rings (SSSR count). The molecule has 23 heavy (non-hydrogen) atoms. The van der Waals surface area contributed by atoms with Gasteiger partial charge in [-0.15, -0.1) is 0 Å². The van der Waals surface area contributed by atoms with Gasteiger partial charge in [0, 0.05) is 32.4 Å². The second-order valence-electron chi connectivity index (χ2n) is 6.36. The molecule has 0 saturated carbocycles. The molecule has 1 saturated heterocycles. The molecule has 1 aliphatic rings. The molecule has 1 aromatic heterocycles. The van der Waals surface area contributed by atoms with E-state index in [2.05, 4.69) is 4.98 Å². The van der Waals surface area contributed by atoms with Crippen LogP contribution >= 0.6 is 0 Å². The topological polar surface area (TPSA) is 45.7 Å². The predicted octanol–water partition coefficient (Wildman–Crippen LogP) is 3.16. The first-order chi connectivity index (χ1) is 10.6. The number of carbonyl (C=O) groups excluding carboxylic acids is 1. The Labute approximate surface area is 133 Å². The lowest BCUT2D eigenvalue weighted by Crippen LogP contribution is -2.50. The predicted molar refractivity (Wildman–Crippen MR) is 79.3 cm³/mol. The number of halogens is 3. The van der Waals surface area contributed by atoms with Crippen LogP contribution in [0.25, 0.3) is 0 Å². The van der Waals surface area contributed by atoms with Crippen molar-refractivity contribution < 1.29 is 22.7 Å². The summed E-state index contributed by atoms with van der Waals surface area (Å²) in [6, 6.07) is 2.37. The molecular weight excluding hydrogens is 311 g/mol. The molecule has 5 nitrogen and oxygen atoms in total. The first-order valence-corrected chi connectivity index (χ1v) is 7.32. The first-order valence-electron chi connectivity index (χ1n) is 7.32. The smallest absolute Gasteiger partial charge is 0.417 e. The highest BCUT2D eigenvalue weighted by molar-refractivity contribution is 5.68. The summed E-state index contributed by atoms with van der Waals surface area (Å²) in [7, 11) is 0. The summed E-state index contributed by atoms with van der Waals surface area (Å²) in [4.78, 5) is 19.3. The van der Waals surface area contributed by atoms with E-state index in [1.54, 1.807) is 25.7 Å². The fraction of sp³-hybridized carbons (Fsp3) is 0.600. The molecule has 0 unspecified atom stereocenters. The van der Waals surface area contributed by atoms with Gasteiger partial charge in [-0.25, -0.2) is 9.78 Å². The Morgan fingerprint density at radius 1 is 1.13 bits per heavy atom. The minimum atomic E-state index is -4.39. The highest BCUT2D eigenvalue weighted by atomic mass is 19.4. The number of aromatic nitrogens is 1. The highest BCUT2D eigenvalue weighted by Crippen LogP contribution is 2.29. The molecule has 0 atom stereocenters. The van der Waals surface area contributed by atoms with E-state index in [1.165, 1.54) is 6.07 Å². The zero-order valence-electron chi connectivity index (χ0n) is 13.4. The third kappa shape index (κ3) is 4.74. The van der Waals surface area contributed by atoms with Gasteiger partial charge in [0.15, 0.2) is 0 Å². The molecule has 1 aliphatic heterocycles. The molecule has 0 N–H and O–H groups in total. The lowest BCUT2D eigenvalue weighted by Gasteiger charge is -2.36. The first kappa shape index (κ1) is 17.4. The molecule has 0 radical (unpaired) electrons. The van der Waals surface area contributed by atoms with Crippen LogP contribution < -0.4 is 4.90 Å². The number of hydrogen-bond acceptors (Lipinski definition) is 4. The lowest BCUT2D eigenvalue weighted by atomic mass is 10.2. The molecular formula is C15H20F3N3O2. The number of amides is 1. The van der Waals surface area contributed by atoms with Crippen molar-refractivity contribution in [3.63, 3.8) is 0 Å². The zero-order chi connectivity index (χ0) is 17.3. The van der Waals surface area contributed by atoms with Crippen LogP contribution in [0.15, 0.2) is 18.3 Å². The Bertz CT molecular complexity index is 545. The van der Waals surface area contributed by atoms with Crippen LogP contribution in [0.4, 0.5) is 23.8 Å². The number of nitrogens with zero attached hydrogens (tertiary/aromatic N) is 3. The molecule has 1 amide bonds. The largest absolute Gasteiger partial charge is 0.444 e. The van der Waals surface area contributed by atoms with Crippen LogP contribution in [-0.2, 0) is 10.9 Å². The minimum Gasteiger partial charge on any atom is -0.444 e. The summed E-state index contributed by atoms with van der Waals surface area (Å²) < 4.78 is 42.9. The molecule has 1 aromatic rings. The van der Waals surface area contributed by atoms with Crippen molar-refractivity contribution in [2.24, 2.45) is 0 Å². The van der Waals surface area contributed by atoms with Gasteiger partial charge in [-0.1, -0.05) is 0 Å². The molecule has 1 fully saturated rings. The van der Waals surface area contributed by atoms with Crippen molar-refractivity contribution in [1.82, 2.24) is 9.88 Å². The van der Waals surface area contributed by atoms with Crippen molar-refractivity contribution in [1.29, 1.82) is 0 Å². The maximum Gasteiger partial charge on any atom is 0.417 e. The SMILES string of the molecule is CC(C)(C)OC(=O)N1CCN(c2ccc(C(F)(F)F)cn2)CC1. The molecule has 0 spiro atoms. The van der Waals surface area contributed by atoms with E-state index in [0.29, 0.717) is 32.0 Å². The highest BCUT2D eigenvalue weighted by Gasteiger charge is 2.31. The van der Waals surface area contributed by atoms with Gasteiger partial charge in [0.05, 0.1) is 5.56 Å². The monoisotopic (exact) mass is 331 g/mol. The van der Waals surface area contributed by atoms with Crippen molar-refractivity contribution in [2.45, 2.75) is 32.5 Å². The van der Waals surface area contributed by atoms with Crippen LogP contribution in [0.5, 0.6) is 0 Å². The van der Waals surface area contributed by atoms with E-state index in [4.69, 9.17) is 4.74 Å². The Balaban J connectivity index is 1.93. The Kier molecular flexibility index (Phi) is 4.72. The number of alkyl halides is 3. The van der Waals surface area contributed by atoms with Crippen LogP contribution in [0.1, 0.15) is 26.3 Å². The van der Waals surface area contributed by atoms with Crippen molar-refractivity contribution in [3.05, 3.63) is 23.9 Å². The van der Waals surface area contributed by atoms with Crippen molar-refractivity contribution in [2.75, 3.05) is 31.1 Å². The van der Waals surface area contributed by atoms with E-state index in [-0.39, 0.29) is 6.09 Å². The molecule has 0 bridgehead atoms. The van der Waals surface area contributed by atoms with E-state index in [0.717, 1.165) is 12.3 Å². The molecule has 0 aliphatic carbocycles. The summed E-state index contributed by atoms with van der Waals surface area (Å²) in [5.41, 5.74) is -1.32. The van der Waals surface area contributed by atoms with Crippen LogP contribution in [-0.4, -0.2) is 47.8 Å². The summed E-state index contributed by atoms with van der Waals surface area (Å²) in [5, 5.41) is 0. The standard InChI is InChI=1S/C15H20F3N3O2/c1-14(2,3)23-13(22)21-8-6-20(7-9-21)12-5-4-11(10-19-12)15(16,17)18/h4-5,10H,6-9H2,1-3H3. The summed E-state index contributed by atoms with van der Waals surface area (Å²) >= 11 is 0. The number of ether oxygens (including phenoxy) is 1. The molecule has 8 heteroatoms. The Hall–Kier alpha value is -1.99. The van der Waals surface area contributed by atoms with E-state index in [9.17, 15) is 18.0 Å². The summed E-state index contributed by atoms with van der Waals surface area (Å²) in [5.74, 6) is 0.474. The molecule has 2 heterocycles. The number of carbonyl (C=O) groups is 1. The fourth-order valence-electron chi connectivity index (χ4n) is 2.19. The lowest BCUT2D eigenvalue weighted by molar-refractivity contribution is -0.137. The van der Waals surface area contributed by atoms with Gasteiger partial charge in [0.25, 0.3) is 0 Å². The van der Waals surface area contributed by atoms with Crippen LogP contribution in [0.3, 0.4) is 0 Å². The second-order valence-corrected chi connectivity index (χ2v) is 6.36. The van der Waals surface area contributed by atoms with Gasteiger partial charge in [-0.05, 0) is 32.9 Å². The number of piperazine rings is 1. The number of rotatable bonds is 1. The second kappa shape index (κ2) is 6.25. The molecule has 0 aromatic carbocycles. The third-order valence-electron chi connectivity index (χ3n) is 3.33. The van der Waals surface area contributed by atoms with Gasteiger partial charge < -0.3 is 14.5 Å². The van der Waals surface area contributed by atoms with Gasteiger partial charge >= 0.3 is 12.3 Å². The maximum absolute atomic E-state index is 12.5. The average Bonchev–Trinajstić information content (AvgIpc) is 2.45. The average molecular weight is 331 g/mol. The normalized spacial score (nSPS) is 16.4. The minimum absolute atomic E-state index is 0.377. The van der Waals surface area contributed by atoms with E-state index < -0.39 is 17.3 Å². The Morgan fingerprint density at radius 2 is 1.74 bits per heavy atom. The van der Waals surface area contributed by atoms with Crippen LogP contribution in [0.2, 0.25) is 0 Å². The van der Waals surface area contributed by atoms with Gasteiger partial charge in [-0.2, -0.15) is 13.2 Å². The van der Waals surface area contributed by atoms with Crippen molar-refractivity contribution >= 4 is 11.9 Å². The van der Waals surface area contributed by atoms with E-state index >= 15 is 0 Å². The third-order valence-corrected chi connectivity index (χ3v) is 3.33. The number of anilines is 1. The van der Waals surface area contributed by atoms with E-state index in [1.807, 2.05) is 4.90 Å². The summed E-state index contributed by atoms with van der Waals surface area (Å²) in [6.07, 6.45) is -3.94. The fourth-order valence-corrected chi connectivity index (χ4v) is 2.19. The Morgan fingerprint density at radius 3 is 2.17 bits per heavy atom.